The van der Waals surface area contributed by atoms with E-state index in [1.165, 1.54) is 17.8 Å². The number of hydrogen-bond donors (Lipinski definition) is 0. The molecular formula is C21H21N3O4S. The minimum atomic E-state index is -0.400. The van der Waals surface area contributed by atoms with Crippen molar-refractivity contribution in [2.75, 3.05) is 6.61 Å². The quantitative estimate of drug-likeness (QED) is 0.260. The maximum atomic E-state index is 13.2. The number of nitro benzene ring substituents is 1. The van der Waals surface area contributed by atoms with Crippen LogP contribution in [0.4, 0.5) is 5.69 Å². The van der Waals surface area contributed by atoms with Crippen LogP contribution in [-0.2, 0) is 11.3 Å². The summed E-state index contributed by atoms with van der Waals surface area (Å²) in [5.41, 5.74) is 1.43. The van der Waals surface area contributed by atoms with E-state index in [9.17, 15) is 14.9 Å². The van der Waals surface area contributed by atoms with Gasteiger partial charge in [0, 0.05) is 24.0 Å². The van der Waals surface area contributed by atoms with Crippen LogP contribution in [0.15, 0.2) is 58.5 Å². The Labute approximate surface area is 171 Å². The summed E-state index contributed by atoms with van der Waals surface area (Å²) < 4.78 is 7.43. The van der Waals surface area contributed by atoms with Crippen LogP contribution in [0.25, 0.3) is 10.9 Å². The van der Waals surface area contributed by atoms with Gasteiger partial charge < -0.3 is 4.74 Å². The number of nitrogens with zero attached hydrogens (tertiary/aromatic N) is 3. The third-order valence-corrected chi connectivity index (χ3v) is 6.22. The topological polar surface area (TPSA) is 87.3 Å². The van der Waals surface area contributed by atoms with Gasteiger partial charge in [0.1, 0.15) is 0 Å². The van der Waals surface area contributed by atoms with E-state index >= 15 is 0 Å². The van der Waals surface area contributed by atoms with Gasteiger partial charge in [-0.15, -0.1) is 0 Å². The zero-order valence-electron chi connectivity index (χ0n) is 16.0. The van der Waals surface area contributed by atoms with Gasteiger partial charge in [0.25, 0.3) is 11.2 Å². The van der Waals surface area contributed by atoms with Gasteiger partial charge in [0.05, 0.1) is 28.5 Å². The van der Waals surface area contributed by atoms with Gasteiger partial charge in [-0.25, -0.2) is 4.98 Å². The predicted molar refractivity (Wildman–Crippen MR) is 112 cm³/mol. The average molecular weight is 411 g/mol. The molecule has 0 N–H and O–H groups in total. The molecule has 0 spiro atoms. The lowest BCUT2D eigenvalue weighted by atomic mass is 10.1. The summed E-state index contributed by atoms with van der Waals surface area (Å²) >= 11 is 1.43. The Bertz CT molecular complexity index is 1110. The highest BCUT2D eigenvalue weighted by Crippen LogP contribution is 2.35. The third-order valence-electron chi connectivity index (χ3n) is 5.07. The van der Waals surface area contributed by atoms with Gasteiger partial charge in [-0.05, 0) is 37.5 Å². The Morgan fingerprint density at radius 3 is 2.90 bits per heavy atom. The standard InChI is InChI=1S/C21H21N3O4S/c1-14(15-6-4-7-16(12-15)24(26)27)29-21-22-19-10-3-2-9-18(19)20(25)23(21)13-17-8-5-11-28-17/h2-4,6-7,9-10,12,14,17H,5,8,11,13H2,1H3/t14-,17-/m0/s1. The highest BCUT2D eigenvalue weighted by molar-refractivity contribution is 7.99. The van der Waals surface area contributed by atoms with Crippen molar-refractivity contribution in [1.29, 1.82) is 0 Å². The van der Waals surface area contributed by atoms with Gasteiger partial charge in [-0.3, -0.25) is 19.5 Å². The SMILES string of the molecule is C[C@H](Sc1nc2ccccc2c(=O)n1C[C@@H]1CCCO1)c1cccc([N+](=O)[O-])c1. The summed E-state index contributed by atoms with van der Waals surface area (Å²) in [5.74, 6) is 0. The zero-order valence-corrected chi connectivity index (χ0v) is 16.8. The van der Waals surface area contributed by atoms with Gasteiger partial charge >= 0.3 is 0 Å². The van der Waals surface area contributed by atoms with E-state index < -0.39 is 4.92 Å². The molecule has 0 radical (unpaired) electrons. The van der Waals surface area contributed by atoms with E-state index in [2.05, 4.69) is 0 Å². The van der Waals surface area contributed by atoms with Crippen molar-refractivity contribution in [3.63, 3.8) is 0 Å². The number of nitro groups is 1. The Hall–Kier alpha value is -2.71. The molecule has 0 amide bonds. The summed E-state index contributed by atoms with van der Waals surface area (Å²) in [6.45, 7) is 3.13. The number of ether oxygens (including phenoxy) is 1. The molecule has 2 heterocycles. The molecule has 1 aliphatic rings. The fraction of sp³-hybridized carbons (Fsp3) is 0.333. The molecule has 4 rings (SSSR count). The lowest BCUT2D eigenvalue weighted by molar-refractivity contribution is -0.384. The molecule has 0 bridgehead atoms. The van der Waals surface area contributed by atoms with E-state index in [-0.39, 0.29) is 22.6 Å². The first-order chi connectivity index (χ1) is 14.0. The Balaban J connectivity index is 1.72. The summed E-state index contributed by atoms with van der Waals surface area (Å²) in [6.07, 6.45) is 1.92. The van der Waals surface area contributed by atoms with Crippen molar-refractivity contribution >= 4 is 28.4 Å². The first-order valence-electron chi connectivity index (χ1n) is 9.55. The van der Waals surface area contributed by atoms with Crippen LogP contribution in [0.5, 0.6) is 0 Å². The fourth-order valence-corrected chi connectivity index (χ4v) is 4.54. The molecule has 29 heavy (non-hydrogen) atoms. The molecular weight excluding hydrogens is 390 g/mol. The van der Waals surface area contributed by atoms with Crippen LogP contribution in [-0.4, -0.2) is 27.2 Å². The summed E-state index contributed by atoms with van der Waals surface area (Å²) in [6, 6.07) is 13.9. The van der Waals surface area contributed by atoms with Crippen molar-refractivity contribution in [2.45, 2.75) is 42.8 Å². The van der Waals surface area contributed by atoms with Crippen LogP contribution in [0.3, 0.4) is 0 Å². The van der Waals surface area contributed by atoms with Gasteiger partial charge in [0.2, 0.25) is 0 Å². The van der Waals surface area contributed by atoms with E-state index in [4.69, 9.17) is 9.72 Å². The van der Waals surface area contributed by atoms with E-state index in [1.54, 1.807) is 22.8 Å². The van der Waals surface area contributed by atoms with E-state index in [1.807, 2.05) is 31.2 Å². The molecule has 2 aromatic carbocycles. The second kappa shape index (κ2) is 8.34. The lowest BCUT2D eigenvalue weighted by Crippen LogP contribution is -2.29. The van der Waals surface area contributed by atoms with E-state index in [0.717, 1.165) is 18.4 Å². The van der Waals surface area contributed by atoms with Gasteiger partial charge in [0.15, 0.2) is 5.16 Å². The molecule has 0 aliphatic carbocycles. The van der Waals surface area contributed by atoms with Gasteiger partial charge in [-0.2, -0.15) is 0 Å². The number of non-ortho nitro benzene ring substituents is 1. The predicted octanol–water partition coefficient (Wildman–Crippen LogP) is 4.34. The van der Waals surface area contributed by atoms with Crippen molar-refractivity contribution < 1.29 is 9.66 Å². The molecule has 1 saturated heterocycles. The fourth-order valence-electron chi connectivity index (χ4n) is 3.51. The van der Waals surface area contributed by atoms with Crippen LogP contribution in [0.2, 0.25) is 0 Å². The lowest BCUT2D eigenvalue weighted by Gasteiger charge is -2.18. The Morgan fingerprint density at radius 2 is 2.14 bits per heavy atom. The molecule has 1 aromatic heterocycles. The molecule has 1 aliphatic heterocycles. The monoisotopic (exact) mass is 411 g/mol. The number of thioether (sulfide) groups is 1. The molecule has 1 fully saturated rings. The molecule has 2 atom stereocenters. The highest BCUT2D eigenvalue weighted by Gasteiger charge is 2.22. The van der Waals surface area contributed by atoms with Crippen LogP contribution >= 0.6 is 11.8 Å². The summed E-state index contributed by atoms with van der Waals surface area (Å²) in [7, 11) is 0. The maximum Gasteiger partial charge on any atom is 0.269 e. The first-order valence-corrected chi connectivity index (χ1v) is 10.4. The summed E-state index contributed by atoms with van der Waals surface area (Å²) in [5, 5.41) is 12.2. The van der Waals surface area contributed by atoms with Crippen molar-refractivity contribution in [2.24, 2.45) is 0 Å². The largest absolute Gasteiger partial charge is 0.376 e. The van der Waals surface area contributed by atoms with Crippen LogP contribution in [0, 0.1) is 10.1 Å². The number of aromatic nitrogens is 2. The second-order valence-electron chi connectivity index (χ2n) is 7.07. The zero-order chi connectivity index (χ0) is 20.4. The molecule has 8 heteroatoms. The molecule has 0 unspecified atom stereocenters. The smallest absolute Gasteiger partial charge is 0.269 e. The molecule has 0 saturated carbocycles. The molecule has 150 valence electrons. The number of rotatable bonds is 6. The number of para-hydroxylation sites is 1. The number of hydrogen-bond acceptors (Lipinski definition) is 6. The first kappa shape index (κ1) is 19.6. The maximum absolute atomic E-state index is 13.2. The van der Waals surface area contributed by atoms with E-state index in [0.29, 0.717) is 29.2 Å². The van der Waals surface area contributed by atoms with Crippen molar-refractivity contribution in [1.82, 2.24) is 9.55 Å². The van der Waals surface area contributed by atoms with Crippen molar-refractivity contribution in [3.05, 3.63) is 74.6 Å². The Kier molecular flexibility index (Phi) is 5.64. The second-order valence-corrected chi connectivity index (χ2v) is 8.38. The summed E-state index contributed by atoms with van der Waals surface area (Å²) in [4.78, 5) is 28.6. The van der Waals surface area contributed by atoms with Crippen molar-refractivity contribution in [3.8, 4) is 0 Å². The third kappa shape index (κ3) is 4.18. The normalized spacial score (nSPS) is 17.5. The minimum Gasteiger partial charge on any atom is -0.376 e. The highest BCUT2D eigenvalue weighted by atomic mass is 32.2. The van der Waals surface area contributed by atoms with Gasteiger partial charge in [-0.1, -0.05) is 36.0 Å². The van der Waals surface area contributed by atoms with Crippen LogP contribution in [0.1, 0.15) is 30.6 Å². The Morgan fingerprint density at radius 1 is 1.31 bits per heavy atom. The molecule has 3 aromatic rings. The number of benzene rings is 2. The number of fused-ring (bicyclic) bond motifs is 1. The van der Waals surface area contributed by atoms with Crippen LogP contribution < -0.4 is 5.56 Å². The average Bonchev–Trinajstić information content (AvgIpc) is 3.24. The molecule has 7 nitrogen and oxygen atoms in total. The minimum absolute atomic E-state index is 0.00290.